The van der Waals surface area contributed by atoms with E-state index in [1.807, 2.05) is 0 Å². The normalized spacial score (nSPS) is 10.8. The summed E-state index contributed by atoms with van der Waals surface area (Å²) in [5.74, 6) is -1.14. The molecule has 1 heterocycles. The van der Waals surface area contributed by atoms with Gasteiger partial charge in [0.25, 0.3) is 6.43 Å². The van der Waals surface area contributed by atoms with Gasteiger partial charge < -0.3 is 0 Å². The standard InChI is InChI=1S/C14H9F4N/c1-8(14(17)18)12-7-6-11(16)13(19-12)9-2-4-10(15)5-3-9/h2-7,14H,1H2. The average Bonchev–Trinajstić information content (AvgIpc) is 2.39. The van der Waals surface area contributed by atoms with Crippen molar-refractivity contribution >= 4 is 5.57 Å². The molecule has 0 N–H and O–H groups in total. The summed E-state index contributed by atoms with van der Waals surface area (Å²) in [6.45, 7) is 3.21. The van der Waals surface area contributed by atoms with Crippen molar-refractivity contribution in [3.05, 3.63) is 60.3 Å². The third-order valence-corrected chi connectivity index (χ3v) is 2.56. The van der Waals surface area contributed by atoms with Crippen LogP contribution in [-0.4, -0.2) is 11.4 Å². The van der Waals surface area contributed by atoms with Gasteiger partial charge in [0.1, 0.15) is 17.3 Å². The van der Waals surface area contributed by atoms with Gasteiger partial charge >= 0.3 is 0 Å². The van der Waals surface area contributed by atoms with Crippen LogP contribution in [0.15, 0.2) is 43.0 Å². The molecule has 0 unspecified atom stereocenters. The second-order valence-electron chi connectivity index (χ2n) is 3.86. The second kappa shape index (κ2) is 5.22. The predicted octanol–water partition coefficient (Wildman–Crippen LogP) is 4.31. The van der Waals surface area contributed by atoms with Crippen LogP contribution in [0.2, 0.25) is 0 Å². The second-order valence-corrected chi connectivity index (χ2v) is 3.86. The molecule has 0 bridgehead atoms. The van der Waals surface area contributed by atoms with Crippen LogP contribution >= 0.6 is 0 Å². The van der Waals surface area contributed by atoms with Gasteiger partial charge in [0.2, 0.25) is 0 Å². The number of benzene rings is 1. The molecule has 1 aromatic carbocycles. The summed E-state index contributed by atoms with van der Waals surface area (Å²) < 4.78 is 51.5. The summed E-state index contributed by atoms with van der Waals surface area (Å²) in [7, 11) is 0. The molecule has 1 aromatic heterocycles. The van der Waals surface area contributed by atoms with Gasteiger partial charge in [-0.1, -0.05) is 6.58 Å². The molecule has 0 radical (unpaired) electrons. The van der Waals surface area contributed by atoms with Crippen LogP contribution in [0.1, 0.15) is 5.69 Å². The fraction of sp³-hybridized carbons (Fsp3) is 0.0714. The van der Waals surface area contributed by atoms with Crippen molar-refractivity contribution in [2.45, 2.75) is 6.43 Å². The van der Waals surface area contributed by atoms with E-state index in [0.717, 1.165) is 24.3 Å². The zero-order valence-corrected chi connectivity index (χ0v) is 9.71. The van der Waals surface area contributed by atoms with E-state index in [0.29, 0.717) is 5.56 Å². The molecule has 0 spiro atoms. The number of nitrogens with zero attached hydrogens (tertiary/aromatic N) is 1. The molecule has 0 aliphatic carbocycles. The van der Waals surface area contributed by atoms with Gasteiger partial charge in [0.15, 0.2) is 0 Å². The summed E-state index contributed by atoms with van der Waals surface area (Å²) in [6.07, 6.45) is -2.76. The van der Waals surface area contributed by atoms with Crippen LogP contribution < -0.4 is 0 Å². The maximum Gasteiger partial charge on any atom is 0.265 e. The van der Waals surface area contributed by atoms with Gasteiger partial charge in [-0.3, -0.25) is 0 Å². The molecule has 1 nitrogen and oxygen atoms in total. The van der Waals surface area contributed by atoms with Crippen molar-refractivity contribution in [2.24, 2.45) is 0 Å². The number of rotatable bonds is 3. The van der Waals surface area contributed by atoms with Crippen molar-refractivity contribution in [1.82, 2.24) is 4.98 Å². The molecule has 0 aliphatic rings. The van der Waals surface area contributed by atoms with Crippen LogP contribution in [0.3, 0.4) is 0 Å². The molecular weight excluding hydrogens is 258 g/mol. The first-order chi connectivity index (χ1) is 8.99. The first-order valence-corrected chi connectivity index (χ1v) is 5.39. The lowest BCUT2D eigenvalue weighted by Crippen LogP contribution is -2.00. The smallest absolute Gasteiger partial charge is 0.245 e. The molecule has 0 saturated heterocycles. The molecular formula is C14H9F4N. The van der Waals surface area contributed by atoms with Crippen LogP contribution in [-0.2, 0) is 0 Å². The van der Waals surface area contributed by atoms with Crippen molar-refractivity contribution in [1.29, 1.82) is 0 Å². The Bertz CT molecular complexity index is 605. The SMILES string of the molecule is C=C(c1ccc(F)c(-c2ccc(F)cc2)n1)C(F)F. The fourth-order valence-corrected chi connectivity index (χ4v) is 1.54. The van der Waals surface area contributed by atoms with Crippen molar-refractivity contribution in [3.63, 3.8) is 0 Å². The van der Waals surface area contributed by atoms with Crippen molar-refractivity contribution < 1.29 is 17.6 Å². The monoisotopic (exact) mass is 267 g/mol. The number of aromatic nitrogens is 1. The van der Waals surface area contributed by atoms with E-state index >= 15 is 0 Å². The van der Waals surface area contributed by atoms with Gasteiger partial charge in [0.05, 0.1) is 5.69 Å². The van der Waals surface area contributed by atoms with E-state index in [9.17, 15) is 17.6 Å². The molecule has 0 saturated carbocycles. The van der Waals surface area contributed by atoms with Gasteiger partial charge in [-0.15, -0.1) is 0 Å². The van der Waals surface area contributed by atoms with Crippen LogP contribution in [0.5, 0.6) is 0 Å². The molecule has 0 fully saturated rings. The Hall–Kier alpha value is -2.17. The lowest BCUT2D eigenvalue weighted by Gasteiger charge is -2.08. The van der Waals surface area contributed by atoms with E-state index < -0.39 is 23.6 Å². The van der Waals surface area contributed by atoms with E-state index in [2.05, 4.69) is 11.6 Å². The molecule has 0 aliphatic heterocycles. The van der Waals surface area contributed by atoms with Gasteiger partial charge in [-0.2, -0.15) is 0 Å². The number of pyridine rings is 1. The van der Waals surface area contributed by atoms with Crippen molar-refractivity contribution in [3.8, 4) is 11.3 Å². The summed E-state index contributed by atoms with van der Waals surface area (Å²) >= 11 is 0. The van der Waals surface area contributed by atoms with Crippen LogP contribution in [0.25, 0.3) is 16.8 Å². The first kappa shape index (κ1) is 13.3. The minimum absolute atomic E-state index is 0.0873. The topological polar surface area (TPSA) is 12.9 Å². The summed E-state index contributed by atoms with van der Waals surface area (Å²) in [6, 6.07) is 7.12. The maximum absolute atomic E-state index is 13.6. The molecule has 2 rings (SSSR count). The highest BCUT2D eigenvalue weighted by molar-refractivity contribution is 5.67. The maximum atomic E-state index is 13.6. The number of allylic oxidation sites excluding steroid dienone is 1. The molecule has 19 heavy (non-hydrogen) atoms. The van der Waals surface area contributed by atoms with Gasteiger partial charge in [0, 0.05) is 11.1 Å². The van der Waals surface area contributed by atoms with Crippen LogP contribution in [0, 0.1) is 11.6 Å². The van der Waals surface area contributed by atoms with E-state index in [4.69, 9.17) is 0 Å². The van der Waals surface area contributed by atoms with Gasteiger partial charge in [-0.25, -0.2) is 22.5 Å². The van der Waals surface area contributed by atoms with E-state index in [-0.39, 0.29) is 11.4 Å². The third-order valence-electron chi connectivity index (χ3n) is 2.56. The van der Waals surface area contributed by atoms with Crippen molar-refractivity contribution in [2.75, 3.05) is 0 Å². The number of hydrogen-bond donors (Lipinski definition) is 0. The molecule has 5 heteroatoms. The number of alkyl halides is 2. The fourth-order valence-electron chi connectivity index (χ4n) is 1.54. The summed E-state index contributed by atoms with van der Waals surface area (Å²) in [5.41, 5.74) is -0.374. The highest BCUT2D eigenvalue weighted by Crippen LogP contribution is 2.25. The van der Waals surface area contributed by atoms with E-state index in [1.165, 1.54) is 12.1 Å². The largest absolute Gasteiger partial charge is 0.265 e. The van der Waals surface area contributed by atoms with Crippen LogP contribution in [0.4, 0.5) is 17.6 Å². The first-order valence-electron chi connectivity index (χ1n) is 5.39. The Balaban J connectivity index is 2.48. The van der Waals surface area contributed by atoms with E-state index in [1.54, 1.807) is 0 Å². The molecule has 0 atom stereocenters. The highest BCUT2D eigenvalue weighted by atomic mass is 19.3. The molecule has 98 valence electrons. The number of hydrogen-bond acceptors (Lipinski definition) is 1. The zero-order valence-electron chi connectivity index (χ0n) is 9.71. The summed E-state index contributed by atoms with van der Waals surface area (Å²) in [5, 5.41) is 0. The Morgan fingerprint density at radius 3 is 2.21 bits per heavy atom. The minimum Gasteiger partial charge on any atom is -0.245 e. The zero-order chi connectivity index (χ0) is 14.0. The Kier molecular flexibility index (Phi) is 3.64. The quantitative estimate of drug-likeness (QED) is 0.755. The minimum atomic E-state index is -2.76. The molecule has 0 amide bonds. The predicted molar refractivity (Wildman–Crippen MR) is 64.6 cm³/mol. The third kappa shape index (κ3) is 2.81. The Morgan fingerprint density at radius 2 is 1.63 bits per heavy atom. The Labute approximate surface area is 107 Å². The van der Waals surface area contributed by atoms with Gasteiger partial charge in [-0.05, 0) is 36.4 Å². The lowest BCUT2D eigenvalue weighted by atomic mass is 10.1. The number of halogens is 4. The molecule has 2 aromatic rings. The summed E-state index contributed by atoms with van der Waals surface area (Å²) in [4.78, 5) is 3.82. The highest BCUT2D eigenvalue weighted by Gasteiger charge is 2.15. The lowest BCUT2D eigenvalue weighted by molar-refractivity contribution is 0.215. The average molecular weight is 267 g/mol. The Morgan fingerprint density at radius 1 is 1.00 bits per heavy atom.